The smallest absolute Gasteiger partial charge is 0.180 e. The maximum Gasteiger partial charge on any atom is 0.180 e. The number of rotatable bonds is 5. The van der Waals surface area contributed by atoms with Crippen LogP contribution in [0.1, 0.15) is 23.6 Å². The van der Waals surface area contributed by atoms with Crippen LogP contribution in [0, 0.1) is 0 Å². The summed E-state index contributed by atoms with van der Waals surface area (Å²) in [6, 6.07) is 31.4. The first-order valence-corrected chi connectivity index (χ1v) is 10.7. The van der Waals surface area contributed by atoms with Gasteiger partial charge in [0.1, 0.15) is 5.54 Å². The van der Waals surface area contributed by atoms with Gasteiger partial charge in [0.15, 0.2) is 5.17 Å². The van der Waals surface area contributed by atoms with Crippen LogP contribution in [0.5, 0.6) is 0 Å². The Kier molecular flexibility index (Phi) is 5.69. The van der Waals surface area contributed by atoms with E-state index < -0.39 is 16.2 Å². The van der Waals surface area contributed by atoms with E-state index in [2.05, 4.69) is 82.6 Å². The van der Waals surface area contributed by atoms with Crippen molar-refractivity contribution in [3.8, 4) is 0 Å². The van der Waals surface area contributed by atoms with E-state index >= 15 is 0 Å². The molecule has 1 atom stereocenters. The molecule has 3 aromatic carbocycles. The lowest BCUT2D eigenvalue weighted by atomic mass is 9.77. The molecule has 1 N–H and O–H groups in total. The van der Waals surface area contributed by atoms with Crippen LogP contribution < -0.4 is 5.32 Å². The minimum Gasteiger partial charge on any atom is -0.346 e. The molecule has 146 valence electrons. The summed E-state index contributed by atoms with van der Waals surface area (Å²) in [7, 11) is 0.991. The van der Waals surface area contributed by atoms with Crippen molar-refractivity contribution in [1.29, 1.82) is 0 Å². The Morgan fingerprint density at radius 3 is 1.66 bits per heavy atom. The second kappa shape index (κ2) is 8.55. The highest BCUT2D eigenvalue weighted by Crippen LogP contribution is 2.37. The fourth-order valence-corrected chi connectivity index (χ4v) is 4.87. The summed E-state index contributed by atoms with van der Waals surface area (Å²) in [5.41, 5.74) is 3.71. The molecule has 0 aromatic heterocycles. The summed E-state index contributed by atoms with van der Waals surface area (Å²) in [6.07, 6.45) is 0. The van der Waals surface area contributed by atoms with Gasteiger partial charge in [-0.05, 0) is 23.6 Å². The highest BCUT2D eigenvalue weighted by Gasteiger charge is 2.38. The zero-order valence-corrected chi connectivity index (χ0v) is 17.3. The molecule has 3 aromatic rings. The summed E-state index contributed by atoms with van der Waals surface area (Å²) in [5.74, 6) is 0. The molecule has 1 aliphatic heterocycles. The van der Waals surface area contributed by atoms with Gasteiger partial charge in [0.05, 0.1) is 7.11 Å². The molecular formula is C24H23N3OS. The van der Waals surface area contributed by atoms with Gasteiger partial charge < -0.3 is 5.32 Å². The van der Waals surface area contributed by atoms with Crippen molar-refractivity contribution >= 4 is 15.9 Å². The van der Waals surface area contributed by atoms with Gasteiger partial charge in [-0.1, -0.05) is 95.5 Å². The largest absolute Gasteiger partial charge is 0.346 e. The normalized spacial score (nSPS) is 16.4. The number of allylic oxidation sites excluding steroid dienone is 1. The zero-order valence-electron chi connectivity index (χ0n) is 16.4. The molecule has 0 amide bonds. The van der Waals surface area contributed by atoms with E-state index in [1.54, 1.807) is 7.11 Å². The van der Waals surface area contributed by atoms with Gasteiger partial charge in [0, 0.05) is 21.8 Å². The van der Waals surface area contributed by atoms with Crippen LogP contribution in [0.4, 0.5) is 0 Å². The summed E-state index contributed by atoms with van der Waals surface area (Å²) in [6.45, 7) is 1.98. The summed E-state index contributed by atoms with van der Waals surface area (Å²) in [5, 5.41) is 6.60. The average Bonchev–Trinajstić information content (AvgIpc) is 3.12. The first-order valence-electron chi connectivity index (χ1n) is 9.43. The van der Waals surface area contributed by atoms with Crippen molar-refractivity contribution in [3.63, 3.8) is 0 Å². The molecule has 0 radical (unpaired) electrons. The Morgan fingerprint density at radius 1 is 0.793 bits per heavy atom. The molecule has 5 heteroatoms. The highest BCUT2D eigenvalue weighted by molar-refractivity contribution is 8.05. The molecule has 0 aliphatic carbocycles. The molecule has 29 heavy (non-hydrogen) atoms. The van der Waals surface area contributed by atoms with Gasteiger partial charge in [-0.2, -0.15) is 0 Å². The van der Waals surface area contributed by atoms with Crippen molar-refractivity contribution < 1.29 is 4.84 Å². The van der Waals surface area contributed by atoms with Crippen LogP contribution in [0.15, 0.2) is 112 Å². The van der Waals surface area contributed by atoms with E-state index in [4.69, 9.17) is 9.83 Å². The maximum absolute atomic E-state index is 5.11. The number of aliphatic imine (C=N–C) groups is 1. The van der Waals surface area contributed by atoms with Gasteiger partial charge in [-0.15, -0.1) is 0 Å². The van der Waals surface area contributed by atoms with Crippen LogP contribution in [0.25, 0.3) is 0 Å². The fraction of sp³-hybridized carbons (Fsp3) is 0.125. The van der Waals surface area contributed by atoms with Crippen molar-refractivity contribution in [1.82, 2.24) is 5.32 Å². The monoisotopic (exact) mass is 401 g/mol. The Morgan fingerprint density at radius 2 is 1.24 bits per heavy atom. The molecule has 0 saturated heterocycles. The highest BCUT2D eigenvalue weighted by atomic mass is 32.2. The molecule has 0 saturated carbocycles. The van der Waals surface area contributed by atoms with Crippen molar-refractivity contribution in [3.05, 3.63) is 119 Å². The number of nitrogens with one attached hydrogen (secondary N) is 1. The second-order valence-corrected chi connectivity index (χ2v) is 8.12. The van der Waals surface area contributed by atoms with E-state index in [0.717, 1.165) is 27.6 Å². The third kappa shape index (κ3) is 3.79. The van der Waals surface area contributed by atoms with Crippen LogP contribution in [0.2, 0.25) is 0 Å². The van der Waals surface area contributed by atoms with Crippen LogP contribution in [-0.4, -0.2) is 12.3 Å². The van der Waals surface area contributed by atoms with E-state index in [9.17, 15) is 0 Å². The molecule has 0 fully saturated rings. The van der Waals surface area contributed by atoms with Gasteiger partial charge in [-0.3, -0.25) is 0 Å². The Labute approximate surface area is 174 Å². The lowest BCUT2D eigenvalue weighted by Crippen LogP contribution is -2.48. The minimum absolute atomic E-state index is 0.583. The maximum atomic E-state index is 5.11. The Bertz CT molecular complexity index is 964. The number of hydrogen-bond acceptors (Lipinski definition) is 4. The first-order chi connectivity index (χ1) is 14.2. The van der Waals surface area contributed by atoms with E-state index in [1.807, 2.05) is 30.5 Å². The lowest BCUT2D eigenvalue weighted by Gasteiger charge is -2.37. The average molecular weight is 402 g/mol. The van der Waals surface area contributed by atoms with Gasteiger partial charge in [0.2, 0.25) is 0 Å². The Balaban J connectivity index is 1.96. The molecule has 1 unspecified atom stereocenters. The number of amidine groups is 1. The molecule has 0 bridgehead atoms. The third-order valence-electron chi connectivity index (χ3n) is 4.83. The predicted octanol–water partition coefficient (Wildman–Crippen LogP) is 5.16. The van der Waals surface area contributed by atoms with Crippen LogP contribution in [-0.2, 0) is 21.1 Å². The van der Waals surface area contributed by atoms with Gasteiger partial charge in [-0.25, -0.2) is 9.83 Å². The van der Waals surface area contributed by atoms with Crippen molar-refractivity contribution in [2.45, 2.75) is 12.5 Å². The number of benzene rings is 3. The fourth-order valence-electron chi connectivity index (χ4n) is 3.61. The van der Waals surface area contributed by atoms with E-state index in [-0.39, 0.29) is 0 Å². The number of nitrogens with zero attached hydrogens (tertiary/aromatic N) is 2. The van der Waals surface area contributed by atoms with Crippen molar-refractivity contribution in [2.24, 2.45) is 9.52 Å². The van der Waals surface area contributed by atoms with E-state index in [0.29, 0.717) is 0 Å². The first kappa shape index (κ1) is 19.3. The third-order valence-corrected chi connectivity index (χ3v) is 6.29. The number of hydrogen-bond donors (Lipinski definition) is 1. The van der Waals surface area contributed by atoms with Crippen molar-refractivity contribution in [2.75, 3.05) is 7.11 Å². The molecular weight excluding hydrogens is 378 g/mol. The standard InChI is InChI=1S/C24H23N3OS/c1-19-18-29(27-28-2)23(25-19)26-24(20-12-6-3-7-13-20,21-14-8-4-9-15-21)22-16-10-5-11-17-22/h3-18H,1-2H3,(H,25,26). The van der Waals surface area contributed by atoms with Crippen LogP contribution >= 0.6 is 0 Å². The Hall–Kier alpha value is -3.02. The summed E-state index contributed by atoms with van der Waals surface area (Å²) >= 11 is 0. The SMILES string of the molecule is CON=S1C=C(C)N=C1NC(c1ccccc1)(c1ccccc1)c1ccccc1. The summed E-state index contributed by atoms with van der Waals surface area (Å²) < 4.78 is 4.28. The molecule has 4 rings (SSSR count). The van der Waals surface area contributed by atoms with Crippen LogP contribution in [0.3, 0.4) is 0 Å². The van der Waals surface area contributed by atoms with Gasteiger partial charge in [0.25, 0.3) is 0 Å². The molecule has 1 heterocycles. The van der Waals surface area contributed by atoms with E-state index in [1.165, 1.54) is 0 Å². The molecule has 1 aliphatic rings. The molecule has 0 spiro atoms. The lowest BCUT2D eigenvalue weighted by molar-refractivity contribution is 0.221. The predicted molar refractivity (Wildman–Crippen MR) is 120 cm³/mol. The quantitative estimate of drug-likeness (QED) is 0.474. The molecule has 4 nitrogen and oxygen atoms in total. The minimum atomic E-state index is -0.615. The second-order valence-electron chi connectivity index (χ2n) is 6.72. The summed E-state index contributed by atoms with van der Waals surface area (Å²) in [4.78, 5) is 9.86. The topological polar surface area (TPSA) is 46.0 Å². The zero-order chi connectivity index (χ0) is 20.1. The van der Waals surface area contributed by atoms with Gasteiger partial charge >= 0.3 is 0 Å².